The summed E-state index contributed by atoms with van der Waals surface area (Å²) in [6, 6.07) is 0.211. The van der Waals surface area contributed by atoms with Crippen LogP contribution in [0.2, 0.25) is 0 Å². The Morgan fingerprint density at radius 3 is 2.25 bits per heavy atom. The molecule has 2 heteroatoms. The lowest BCUT2D eigenvalue weighted by Gasteiger charge is -2.42. The molecule has 0 spiro atoms. The molecule has 1 aliphatic rings. The Labute approximate surface area is 75.5 Å². The van der Waals surface area contributed by atoms with Gasteiger partial charge in [0.15, 0.2) is 0 Å². The van der Waals surface area contributed by atoms with E-state index in [9.17, 15) is 0 Å². The van der Waals surface area contributed by atoms with Crippen molar-refractivity contribution in [3.8, 4) is 0 Å². The zero-order chi connectivity index (χ0) is 9.30. The predicted molar refractivity (Wildman–Crippen MR) is 50.9 cm³/mol. The van der Waals surface area contributed by atoms with Crippen LogP contribution in [0.1, 0.15) is 34.1 Å². The number of ether oxygens (including phenoxy) is 1. The van der Waals surface area contributed by atoms with Crippen molar-refractivity contribution in [1.82, 2.24) is 0 Å². The van der Waals surface area contributed by atoms with Crippen LogP contribution < -0.4 is 5.73 Å². The highest BCUT2D eigenvalue weighted by Crippen LogP contribution is 2.30. The first kappa shape index (κ1) is 10.0. The van der Waals surface area contributed by atoms with E-state index in [4.69, 9.17) is 10.5 Å². The summed E-state index contributed by atoms with van der Waals surface area (Å²) in [7, 11) is 0. The molecule has 1 aliphatic heterocycles. The Morgan fingerprint density at radius 2 is 1.75 bits per heavy atom. The molecule has 0 radical (unpaired) electrons. The summed E-state index contributed by atoms with van der Waals surface area (Å²) in [5, 5.41) is 0. The van der Waals surface area contributed by atoms with Crippen LogP contribution in [-0.4, -0.2) is 18.2 Å². The van der Waals surface area contributed by atoms with E-state index in [2.05, 4.69) is 27.7 Å². The molecular formula is C10H21NO. The van der Waals surface area contributed by atoms with E-state index < -0.39 is 0 Å². The van der Waals surface area contributed by atoms with Gasteiger partial charge in [-0.25, -0.2) is 0 Å². The molecule has 0 aromatic heterocycles. The number of nitrogens with two attached hydrogens (primary N) is 1. The first-order chi connectivity index (χ1) is 5.57. The summed E-state index contributed by atoms with van der Waals surface area (Å²) < 4.78 is 5.81. The SMILES string of the molecule is CCC1OC(C)C(N)C(C)C1C. The van der Waals surface area contributed by atoms with Crippen LogP contribution >= 0.6 is 0 Å². The van der Waals surface area contributed by atoms with Crippen molar-refractivity contribution in [2.24, 2.45) is 17.6 Å². The van der Waals surface area contributed by atoms with Crippen LogP contribution in [0, 0.1) is 11.8 Å². The number of hydrogen-bond donors (Lipinski definition) is 1. The van der Waals surface area contributed by atoms with Crippen LogP contribution in [0.25, 0.3) is 0 Å². The standard InChI is InChI=1S/C10H21NO/c1-5-9-6(2)7(3)10(11)8(4)12-9/h6-10H,5,11H2,1-4H3. The van der Waals surface area contributed by atoms with E-state index in [1.807, 2.05) is 0 Å². The van der Waals surface area contributed by atoms with Gasteiger partial charge in [-0.1, -0.05) is 20.8 Å². The van der Waals surface area contributed by atoms with Crippen LogP contribution in [0.4, 0.5) is 0 Å². The first-order valence-corrected chi connectivity index (χ1v) is 4.99. The molecule has 0 saturated carbocycles. The fourth-order valence-corrected chi connectivity index (χ4v) is 2.07. The average molecular weight is 171 g/mol. The Balaban J connectivity index is 2.63. The Kier molecular flexibility index (Phi) is 3.13. The second-order valence-electron chi connectivity index (χ2n) is 4.08. The normalized spacial score (nSPS) is 49.2. The highest BCUT2D eigenvalue weighted by Gasteiger charge is 2.36. The minimum Gasteiger partial charge on any atom is -0.373 e. The van der Waals surface area contributed by atoms with Crippen LogP contribution in [0.3, 0.4) is 0 Å². The molecule has 2 nitrogen and oxygen atoms in total. The fourth-order valence-electron chi connectivity index (χ4n) is 2.07. The van der Waals surface area contributed by atoms with Crippen molar-refractivity contribution in [2.75, 3.05) is 0 Å². The zero-order valence-corrected chi connectivity index (χ0v) is 8.58. The van der Waals surface area contributed by atoms with Gasteiger partial charge in [-0.2, -0.15) is 0 Å². The largest absolute Gasteiger partial charge is 0.373 e. The topological polar surface area (TPSA) is 35.2 Å². The molecule has 1 heterocycles. The van der Waals surface area contributed by atoms with Crippen LogP contribution in [0.15, 0.2) is 0 Å². The summed E-state index contributed by atoms with van der Waals surface area (Å²) in [6.45, 7) is 8.73. The molecule has 12 heavy (non-hydrogen) atoms. The fraction of sp³-hybridized carbons (Fsp3) is 1.00. The quantitative estimate of drug-likeness (QED) is 0.652. The van der Waals surface area contributed by atoms with E-state index in [-0.39, 0.29) is 12.1 Å². The predicted octanol–water partition coefficient (Wildman–Crippen LogP) is 1.78. The molecule has 0 bridgehead atoms. The van der Waals surface area contributed by atoms with E-state index in [1.165, 1.54) is 0 Å². The van der Waals surface area contributed by atoms with E-state index in [1.54, 1.807) is 0 Å². The molecule has 0 aromatic rings. The lowest BCUT2D eigenvalue weighted by Crippen LogP contribution is -2.52. The van der Waals surface area contributed by atoms with Gasteiger partial charge in [-0.05, 0) is 25.2 Å². The third-order valence-electron chi connectivity index (χ3n) is 3.36. The van der Waals surface area contributed by atoms with Gasteiger partial charge in [0.1, 0.15) is 0 Å². The number of rotatable bonds is 1. The van der Waals surface area contributed by atoms with Crippen molar-refractivity contribution in [2.45, 2.75) is 52.4 Å². The van der Waals surface area contributed by atoms with Crippen molar-refractivity contribution >= 4 is 0 Å². The summed E-state index contributed by atoms with van der Waals surface area (Å²) in [5.41, 5.74) is 6.00. The number of hydrogen-bond acceptors (Lipinski definition) is 2. The Bertz CT molecular complexity index is 144. The maximum absolute atomic E-state index is 6.00. The van der Waals surface area contributed by atoms with Crippen LogP contribution in [0.5, 0.6) is 0 Å². The second-order valence-corrected chi connectivity index (χ2v) is 4.08. The van der Waals surface area contributed by atoms with Gasteiger partial charge in [0.05, 0.1) is 12.2 Å². The minimum atomic E-state index is 0.211. The highest BCUT2D eigenvalue weighted by atomic mass is 16.5. The maximum Gasteiger partial charge on any atom is 0.0704 e. The molecule has 0 amide bonds. The van der Waals surface area contributed by atoms with Crippen molar-refractivity contribution in [3.05, 3.63) is 0 Å². The van der Waals surface area contributed by atoms with Gasteiger partial charge in [0.2, 0.25) is 0 Å². The van der Waals surface area contributed by atoms with E-state index >= 15 is 0 Å². The molecule has 1 saturated heterocycles. The molecule has 0 aromatic carbocycles. The average Bonchev–Trinajstić information content (AvgIpc) is 2.08. The zero-order valence-electron chi connectivity index (χ0n) is 8.58. The first-order valence-electron chi connectivity index (χ1n) is 4.99. The lowest BCUT2D eigenvalue weighted by molar-refractivity contribution is -0.105. The van der Waals surface area contributed by atoms with Crippen molar-refractivity contribution < 1.29 is 4.74 Å². The summed E-state index contributed by atoms with van der Waals surface area (Å²) >= 11 is 0. The van der Waals surface area contributed by atoms with Gasteiger partial charge in [-0.3, -0.25) is 0 Å². The molecule has 1 fully saturated rings. The minimum absolute atomic E-state index is 0.211. The molecular weight excluding hydrogens is 150 g/mol. The van der Waals surface area contributed by atoms with Crippen LogP contribution in [-0.2, 0) is 4.74 Å². The van der Waals surface area contributed by atoms with Gasteiger partial charge < -0.3 is 10.5 Å². The van der Waals surface area contributed by atoms with Gasteiger partial charge in [0, 0.05) is 6.04 Å². The Morgan fingerprint density at radius 1 is 1.17 bits per heavy atom. The lowest BCUT2D eigenvalue weighted by atomic mass is 9.80. The van der Waals surface area contributed by atoms with Crippen molar-refractivity contribution in [3.63, 3.8) is 0 Å². The summed E-state index contributed by atoms with van der Waals surface area (Å²) in [6.07, 6.45) is 1.73. The third kappa shape index (κ3) is 1.64. The van der Waals surface area contributed by atoms with Gasteiger partial charge in [0.25, 0.3) is 0 Å². The summed E-state index contributed by atoms with van der Waals surface area (Å²) in [4.78, 5) is 0. The van der Waals surface area contributed by atoms with E-state index in [0.29, 0.717) is 17.9 Å². The summed E-state index contributed by atoms with van der Waals surface area (Å²) in [5.74, 6) is 1.18. The molecule has 5 atom stereocenters. The monoisotopic (exact) mass is 171 g/mol. The van der Waals surface area contributed by atoms with Gasteiger partial charge in [-0.15, -0.1) is 0 Å². The third-order valence-corrected chi connectivity index (χ3v) is 3.36. The smallest absolute Gasteiger partial charge is 0.0704 e. The van der Waals surface area contributed by atoms with Gasteiger partial charge >= 0.3 is 0 Å². The molecule has 5 unspecified atom stereocenters. The molecule has 0 aliphatic carbocycles. The molecule has 1 rings (SSSR count). The maximum atomic E-state index is 6.00. The molecule has 72 valence electrons. The Hall–Kier alpha value is -0.0800. The second kappa shape index (κ2) is 3.75. The highest BCUT2D eigenvalue weighted by molar-refractivity contribution is 4.87. The van der Waals surface area contributed by atoms with Crippen molar-refractivity contribution in [1.29, 1.82) is 0 Å². The molecule has 2 N–H and O–H groups in total. The van der Waals surface area contributed by atoms with E-state index in [0.717, 1.165) is 6.42 Å².